The Hall–Kier alpha value is -3.11. The van der Waals surface area contributed by atoms with Crippen LogP contribution in [0.2, 0.25) is 0 Å². The Bertz CT molecular complexity index is 1040. The summed E-state index contributed by atoms with van der Waals surface area (Å²) in [5, 5.41) is 3.09. The number of piperazine rings is 1. The summed E-state index contributed by atoms with van der Waals surface area (Å²) < 4.78 is 0. The second kappa shape index (κ2) is 10.0. The average Bonchev–Trinajstić information content (AvgIpc) is 2.82. The van der Waals surface area contributed by atoms with Crippen LogP contribution in [0.5, 0.6) is 0 Å². The molecule has 0 radical (unpaired) electrons. The lowest BCUT2D eigenvalue weighted by molar-refractivity contribution is 0.0940. The van der Waals surface area contributed by atoms with Gasteiger partial charge in [0.15, 0.2) is 0 Å². The molecule has 1 heterocycles. The molecule has 4 rings (SSSR count). The average molecular weight is 428 g/mol. The van der Waals surface area contributed by atoms with E-state index in [0.717, 1.165) is 38.3 Å². The van der Waals surface area contributed by atoms with E-state index in [2.05, 4.69) is 59.3 Å². The minimum atomic E-state index is -0.0324. The van der Waals surface area contributed by atoms with E-state index in [1.54, 1.807) is 0 Å². The van der Waals surface area contributed by atoms with Gasteiger partial charge < -0.3 is 10.2 Å². The number of carbonyl (C=O) groups is 1. The second-order valence-corrected chi connectivity index (χ2v) is 8.78. The number of nitrogens with one attached hydrogen (secondary N) is 1. The molecule has 0 unspecified atom stereocenters. The first-order valence-electron chi connectivity index (χ1n) is 11.5. The number of anilines is 1. The molecule has 1 saturated heterocycles. The second-order valence-electron chi connectivity index (χ2n) is 8.78. The summed E-state index contributed by atoms with van der Waals surface area (Å²) in [5.41, 5.74) is 7.17. The van der Waals surface area contributed by atoms with Crippen molar-refractivity contribution in [1.29, 1.82) is 0 Å². The van der Waals surface area contributed by atoms with E-state index in [1.165, 1.54) is 22.4 Å². The number of aryl methyl sites for hydroxylation is 1. The summed E-state index contributed by atoms with van der Waals surface area (Å²) in [6.07, 6.45) is 0. The Kier molecular flexibility index (Phi) is 6.91. The summed E-state index contributed by atoms with van der Waals surface area (Å²) in [6.45, 7) is 11.5. The lowest BCUT2D eigenvalue weighted by Crippen LogP contribution is -2.46. The quantitative estimate of drug-likeness (QED) is 0.593. The molecule has 0 aromatic heterocycles. The van der Waals surface area contributed by atoms with Crippen molar-refractivity contribution < 1.29 is 4.79 Å². The van der Waals surface area contributed by atoms with Gasteiger partial charge in [0.2, 0.25) is 0 Å². The maximum Gasteiger partial charge on any atom is 0.251 e. The largest absolute Gasteiger partial charge is 0.369 e. The number of hydrogen-bond donors (Lipinski definition) is 1. The summed E-state index contributed by atoms with van der Waals surface area (Å²) in [7, 11) is 0. The third kappa shape index (κ3) is 5.20. The van der Waals surface area contributed by atoms with E-state index in [4.69, 9.17) is 0 Å². The number of hydrogen-bond acceptors (Lipinski definition) is 3. The molecule has 0 bridgehead atoms. The molecule has 3 aromatic rings. The van der Waals surface area contributed by atoms with Gasteiger partial charge >= 0.3 is 0 Å². The molecule has 1 fully saturated rings. The molecule has 3 aromatic carbocycles. The van der Waals surface area contributed by atoms with Crippen molar-refractivity contribution in [2.24, 2.45) is 0 Å². The number of carbonyl (C=O) groups excluding carboxylic acids is 1. The maximum atomic E-state index is 12.6. The topological polar surface area (TPSA) is 35.6 Å². The standard InChI is InChI=1S/C28H33N3O/c1-21-8-7-11-27(22(21)2)31-18-16-30(17-19-31)20-24-12-14-26(15-13-24)28(32)29-23(3)25-9-5-4-6-10-25/h4-15,23H,16-20H2,1-3H3,(H,29,32)/t23-/m1/s1. The zero-order chi connectivity index (χ0) is 22.5. The Balaban J connectivity index is 1.29. The Morgan fingerprint density at radius 1 is 0.875 bits per heavy atom. The van der Waals surface area contributed by atoms with Crippen LogP contribution in [0.1, 0.15) is 45.6 Å². The predicted molar refractivity (Wildman–Crippen MR) is 132 cm³/mol. The minimum Gasteiger partial charge on any atom is -0.369 e. The highest BCUT2D eigenvalue weighted by Crippen LogP contribution is 2.24. The van der Waals surface area contributed by atoms with Crippen LogP contribution in [0.4, 0.5) is 5.69 Å². The van der Waals surface area contributed by atoms with E-state index in [-0.39, 0.29) is 11.9 Å². The van der Waals surface area contributed by atoms with Crippen molar-refractivity contribution >= 4 is 11.6 Å². The van der Waals surface area contributed by atoms with Crippen LogP contribution < -0.4 is 10.2 Å². The molecule has 1 aliphatic heterocycles. The molecular weight excluding hydrogens is 394 g/mol. The molecule has 1 N–H and O–H groups in total. The van der Waals surface area contributed by atoms with Gasteiger partial charge in [-0.3, -0.25) is 9.69 Å². The Labute approximate surface area is 191 Å². The number of benzene rings is 3. The van der Waals surface area contributed by atoms with Crippen molar-refractivity contribution in [2.75, 3.05) is 31.1 Å². The van der Waals surface area contributed by atoms with Gasteiger partial charge in [-0.1, -0.05) is 54.6 Å². The van der Waals surface area contributed by atoms with Crippen LogP contribution >= 0.6 is 0 Å². The molecule has 4 heteroatoms. The van der Waals surface area contributed by atoms with Crippen LogP contribution in [0.15, 0.2) is 72.8 Å². The van der Waals surface area contributed by atoms with Gasteiger partial charge in [-0.2, -0.15) is 0 Å². The van der Waals surface area contributed by atoms with Gasteiger partial charge in [0.25, 0.3) is 5.91 Å². The highest BCUT2D eigenvalue weighted by atomic mass is 16.1. The van der Waals surface area contributed by atoms with Gasteiger partial charge in [0.05, 0.1) is 6.04 Å². The zero-order valence-corrected chi connectivity index (χ0v) is 19.3. The lowest BCUT2D eigenvalue weighted by atomic mass is 10.1. The van der Waals surface area contributed by atoms with E-state index in [9.17, 15) is 4.79 Å². The highest BCUT2D eigenvalue weighted by molar-refractivity contribution is 5.94. The number of nitrogens with zero attached hydrogens (tertiary/aromatic N) is 2. The smallest absolute Gasteiger partial charge is 0.251 e. The first-order chi connectivity index (χ1) is 15.5. The Morgan fingerprint density at radius 2 is 1.56 bits per heavy atom. The van der Waals surface area contributed by atoms with Crippen molar-refractivity contribution in [3.63, 3.8) is 0 Å². The molecule has 0 saturated carbocycles. The first kappa shape index (κ1) is 22.1. The summed E-state index contributed by atoms with van der Waals surface area (Å²) in [5.74, 6) is -0.0324. The summed E-state index contributed by atoms with van der Waals surface area (Å²) in [6, 6.07) is 24.6. The van der Waals surface area contributed by atoms with Crippen LogP contribution in [0.25, 0.3) is 0 Å². The fraction of sp³-hybridized carbons (Fsp3) is 0.321. The molecule has 4 nitrogen and oxygen atoms in total. The Morgan fingerprint density at radius 3 is 2.25 bits per heavy atom. The van der Waals surface area contributed by atoms with Gasteiger partial charge in [-0.25, -0.2) is 0 Å². The van der Waals surface area contributed by atoms with E-state index in [1.807, 2.05) is 49.4 Å². The van der Waals surface area contributed by atoms with Gasteiger partial charge in [-0.15, -0.1) is 0 Å². The fourth-order valence-electron chi connectivity index (χ4n) is 4.35. The molecular formula is C28H33N3O. The minimum absolute atomic E-state index is 0.0169. The third-order valence-electron chi connectivity index (χ3n) is 6.56. The van der Waals surface area contributed by atoms with Crippen molar-refractivity contribution in [3.8, 4) is 0 Å². The predicted octanol–water partition coefficient (Wildman–Crippen LogP) is 5.12. The zero-order valence-electron chi connectivity index (χ0n) is 19.3. The van der Waals surface area contributed by atoms with Crippen molar-refractivity contribution in [3.05, 3.63) is 101 Å². The third-order valence-corrected chi connectivity index (χ3v) is 6.56. The van der Waals surface area contributed by atoms with Gasteiger partial charge in [0, 0.05) is 44.0 Å². The molecule has 1 amide bonds. The fourth-order valence-corrected chi connectivity index (χ4v) is 4.35. The van der Waals surface area contributed by atoms with Crippen molar-refractivity contribution in [2.45, 2.75) is 33.4 Å². The van der Waals surface area contributed by atoms with Crippen LogP contribution in [-0.2, 0) is 6.54 Å². The first-order valence-corrected chi connectivity index (χ1v) is 11.5. The molecule has 0 aliphatic carbocycles. The maximum absolute atomic E-state index is 12.6. The summed E-state index contributed by atoms with van der Waals surface area (Å²) >= 11 is 0. The van der Waals surface area contributed by atoms with E-state index >= 15 is 0 Å². The molecule has 1 atom stereocenters. The van der Waals surface area contributed by atoms with Gasteiger partial charge in [-0.05, 0) is 61.2 Å². The van der Waals surface area contributed by atoms with Gasteiger partial charge in [0.1, 0.15) is 0 Å². The van der Waals surface area contributed by atoms with Crippen molar-refractivity contribution in [1.82, 2.24) is 10.2 Å². The van der Waals surface area contributed by atoms with E-state index in [0.29, 0.717) is 5.56 Å². The lowest BCUT2D eigenvalue weighted by Gasteiger charge is -2.37. The highest BCUT2D eigenvalue weighted by Gasteiger charge is 2.19. The monoisotopic (exact) mass is 427 g/mol. The van der Waals surface area contributed by atoms with Crippen LogP contribution in [0, 0.1) is 13.8 Å². The van der Waals surface area contributed by atoms with E-state index < -0.39 is 0 Å². The van der Waals surface area contributed by atoms with Crippen LogP contribution in [0.3, 0.4) is 0 Å². The number of amides is 1. The SMILES string of the molecule is Cc1cccc(N2CCN(Cc3ccc(C(=O)N[C@H](C)c4ccccc4)cc3)CC2)c1C. The molecule has 1 aliphatic rings. The normalized spacial score (nSPS) is 15.4. The molecule has 166 valence electrons. The summed E-state index contributed by atoms with van der Waals surface area (Å²) in [4.78, 5) is 17.6. The molecule has 0 spiro atoms. The molecule has 32 heavy (non-hydrogen) atoms. The number of rotatable bonds is 6. The van der Waals surface area contributed by atoms with Crippen LogP contribution in [-0.4, -0.2) is 37.0 Å².